The molecule has 0 aliphatic carbocycles. The number of benzene rings is 3. The van der Waals surface area contributed by atoms with Gasteiger partial charge in [0.25, 0.3) is 5.91 Å². The Balaban J connectivity index is 1.25. The molecule has 0 unspecified atom stereocenters. The minimum absolute atomic E-state index is 0.212. The third-order valence-corrected chi connectivity index (χ3v) is 4.74. The molecule has 148 valence electrons. The number of aryl methyl sites for hydroxylation is 1. The van der Waals surface area contributed by atoms with Crippen LogP contribution in [0.3, 0.4) is 0 Å². The maximum atomic E-state index is 12.5. The summed E-state index contributed by atoms with van der Waals surface area (Å²) in [5.74, 6) is 1.76. The van der Waals surface area contributed by atoms with Crippen molar-refractivity contribution in [3.63, 3.8) is 0 Å². The van der Waals surface area contributed by atoms with Gasteiger partial charge in [0, 0.05) is 12.6 Å². The van der Waals surface area contributed by atoms with E-state index in [1.54, 1.807) is 37.3 Å². The van der Waals surface area contributed by atoms with Gasteiger partial charge in [0.1, 0.15) is 23.6 Å². The molecule has 0 fully saturated rings. The zero-order chi connectivity index (χ0) is 20.5. The van der Waals surface area contributed by atoms with Crippen LogP contribution in [0, 0.1) is 6.92 Å². The molecule has 5 aromatic rings. The fourth-order valence-electron chi connectivity index (χ4n) is 3.30. The minimum atomic E-state index is -0.341. The van der Waals surface area contributed by atoms with Crippen LogP contribution in [0.25, 0.3) is 21.9 Å². The summed E-state index contributed by atoms with van der Waals surface area (Å²) >= 11 is 0. The minimum Gasteiger partial charge on any atom is -0.486 e. The number of furan rings is 1. The molecule has 0 saturated heterocycles. The van der Waals surface area contributed by atoms with Gasteiger partial charge in [-0.15, -0.1) is 0 Å². The number of rotatable bonds is 5. The van der Waals surface area contributed by atoms with Crippen LogP contribution in [0.5, 0.6) is 5.75 Å². The number of oxazole rings is 1. The Labute approximate surface area is 172 Å². The largest absolute Gasteiger partial charge is 0.486 e. The van der Waals surface area contributed by atoms with Crippen molar-refractivity contribution < 1.29 is 18.4 Å². The number of fused-ring (bicyclic) bond motifs is 2. The quantitative estimate of drug-likeness (QED) is 0.410. The Morgan fingerprint density at radius 1 is 0.967 bits per heavy atom. The van der Waals surface area contributed by atoms with Crippen molar-refractivity contribution in [3.8, 4) is 5.75 Å². The lowest BCUT2D eigenvalue weighted by molar-refractivity contribution is 0.0992. The summed E-state index contributed by atoms with van der Waals surface area (Å²) in [5.41, 5.74) is 1.98. The molecule has 2 aromatic heterocycles. The second-order valence-electron chi connectivity index (χ2n) is 6.93. The number of hydrogen-bond acceptors (Lipinski definition) is 5. The van der Waals surface area contributed by atoms with Crippen LogP contribution in [0.1, 0.15) is 22.2 Å². The van der Waals surface area contributed by atoms with E-state index < -0.39 is 0 Å². The van der Waals surface area contributed by atoms with Gasteiger partial charge in [-0.2, -0.15) is 0 Å². The third-order valence-electron chi connectivity index (χ3n) is 4.74. The Hall–Kier alpha value is -4.06. The molecule has 0 bridgehead atoms. The average Bonchev–Trinajstić information content (AvgIpc) is 3.37. The van der Waals surface area contributed by atoms with E-state index in [2.05, 4.69) is 16.4 Å². The van der Waals surface area contributed by atoms with E-state index in [1.807, 2.05) is 36.4 Å². The smallest absolute Gasteiger partial charge is 0.291 e. The number of anilines is 1. The first-order valence-electron chi connectivity index (χ1n) is 9.53. The van der Waals surface area contributed by atoms with Crippen molar-refractivity contribution in [2.75, 3.05) is 5.32 Å². The maximum Gasteiger partial charge on any atom is 0.291 e. The maximum absolute atomic E-state index is 12.5. The van der Waals surface area contributed by atoms with Crippen molar-refractivity contribution in [3.05, 3.63) is 90.2 Å². The molecular formula is C24H18N2O4. The van der Waals surface area contributed by atoms with E-state index in [-0.39, 0.29) is 18.3 Å². The van der Waals surface area contributed by atoms with Crippen LogP contribution >= 0.6 is 0 Å². The summed E-state index contributed by atoms with van der Waals surface area (Å²) in [6.07, 6.45) is 0. The molecule has 0 radical (unpaired) electrons. The normalized spacial score (nSPS) is 11.1. The van der Waals surface area contributed by atoms with Crippen molar-refractivity contribution in [1.29, 1.82) is 0 Å². The van der Waals surface area contributed by atoms with Gasteiger partial charge in [-0.3, -0.25) is 4.79 Å². The van der Waals surface area contributed by atoms with Crippen LogP contribution in [0.2, 0.25) is 0 Å². The first kappa shape index (κ1) is 18.0. The van der Waals surface area contributed by atoms with Gasteiger partial charge in [0.2, 0.25) is 0 Å². The predicted octanol–water partition coefficient (Wildman–Crippen LogP) is 5.71. The molecule has 1 amide bonds. The summed E-state index contributed by atoms with van der Waals surface area (Å²) in [4.78, 5) is 16.8. The summed E-state index contributed by atoms with van der Waals surface area (Å²) in [7, 11) is 0. The Kier molecular flexibility index (Phi) is 4.44. The first-order chi connectivity index (χ1) is 14.6. The molecule has 2 heterocycles. The van der Waals surface area contributed by atoms with Crippen molar-refractivity contribution in [2.45, 2.75) is 13.5 Å². The van der Waals surface area contributed by atoms with Crippen LogP contribution in [0.4, 0.5) is 5.69 Å². The summed E-state index contributed by atoms with van der Waals surface area (Å²) < 4.78 is 16.9. The lowest BCUT2D eigenvalue weighted by Gasteiger charge is -2.06. The molecule has 0 spiro atoms. The van der Waals surface area contributed by atoms with E-state index in [4.69, 9.17) is 13.6 Å². The lowest BCUT2D eigenvalue weighted by atomic mass is 10.1. The molecule has 1 N–H and O–H groups in total. The number of hydrogen-bond donors (Lipinski definition) is 1. The second kappa shape index (κ2) is 7.40. The molecule has 6 nitrogen and oxygen atoms in total. The number of nitrogens with zero attached hydrogens (tertiary/aromatic N) is 1. The third kappa shape index (κ3) is 3.63. The molecule has 6 heteroatoms. The zero-order valence-corrected chi connectivity index (χ0v) is 16.2. The second-order valence-corrected chi connectivity index (χ2v) is 6.93. The van der Waals surface area contributed by atoms with Gasteiger partial charge in [-0.25, -0.2) is 4.98 Å². The topological polar surface area (TPSA) is 77.5 Å². The first-order valence-corrected chi connectivity index (χ1v) is 9.53. The van der Waals surface area contributed by atoms with Crippen molar-refractivity contribution in [1.82, 2.24) is 4.98 Å². The molecular weight excluding hydrogens is 380 g/mol. The van der Waals surface area contributed by atoms with E-state index in [9.17, 15) is 4.79 Å². The van der Waals surface area contributed by atoms with Gasteiger partial charge in [-0.05, 0) is 53.2 Å². The highest BCUT2D eigenvalue weighted by Crippen LogP contribution is 2.23. The van der Waals surface area contributed by atoms with Crippen molar-refractivity contribution in [2.24, 2.45) is 0 Å². The average molecular weight is 398 g/mol. The zero-order valence-electron chi connectivity index (χ0n) is 16.2. The Bertz CT molecular complexity index is 1370. The van der Waals surface area contributed by atoms with Gasteiger partial charge in [0.15, 0.2) is 17.2 Å². The van der Waals surface area contributed by atoms with Crippen LogP contribution in [-0.2, 0) is 6.61 Å². The molecule has 5 rings (SSSR count). The monoisotopic (exact) mass is 398 g/mol. The number of aromatic nitrogens is 1. The number of carbonyl (C=O) groups is 1. The highest BCUT2D eigenvalue weighted by Gasteiger charge is 2.13. The summed E-state index contributed by atoms with van der Waals surface area (Å²) in [6, 6.07) is 22.7. The number of nitrogens with one attached hydrogen (secondary N) is 1. The Morgan fingerprint density at radius 2 is 1.83 bits per heavy atom. The van der Waals surface area contributed by atoms with Gasteiger partial charge < -0.3 is 18.9 Å². The Morgan fingerprint density at radius 3 is 2.73 bits per heavy atom. The lowest BCUT2D eigenvalue weighted by Crippen LogP contribution is -2.10. The van der Waals surface area contributed by atoms with Crippen LogP contribution < -0.4 is 10.1 Å². The SMILES string of the molecule is Cc1nc2cc(NC(=O)c3ccc(COc4ccc5ccccc5c4)o3)ccc2o1. The van der Waals surface area contributed by atoms with Gasteiger partial charge >= 0.3 is 0 Å². The van der Waals surface area contributed by atoms with E-state index in [1.165, 1.54) is 0 Å². The van der Waals surface area contributed by atoms with Crippen LogP contribution in [-0.4, -0.2) is 10.9 Å². The molecule has 0 aliphatic rings. The fraction of sp³-hybridized carbons (Fsp3) is 0.0833. The van der Waals surface area contributed by atoms with E-state index in [0.29, 0.717) is 28.4 Å². The highest BCUT2D eigenvalue weighted by atomic mass is 16.5. The molecule has 3 aromatic carbocycles. The summed E-state index contributed by atoms with van der Waals surface area (Å²) in [6.45, 7) is 2.01. The number of amides is 1. The highest BCUT2D eigenvalue weighted by molar-refractivity contribution is 6.03. The standard InChI is InChI=1S/C24H18N2O4/c1-15-25-21-13-18(7-10-22(21)29-15)26-24(27)23-11-9-20(30-23)14-28-19-8-6-16-4-2-3-5-17(16)12-19/h2-13H,14H2,1H3,(H,26,27). The molecule has 0 atom stereocenters. The van der Waals surface area contributed by atoms with Crippen LogP contribution in [0.15, 0.2) is 81.6 Å². The van der Waals surface area contributed by atoms with Gasteiger partial charge in [0.05, 0.1) is 0 Å². The summed E-state index contributed by atoms with van der Waals surface area (Å²) in [5, 5.41) is 5.07. The van der Waals surface area contributed by atoms with Gasteiger partial charge in [-0.1, -0.05) is 30.3 Å². The van der Waals surface area contributed by atoms with E-state index >= 15 is 0 Å². The number of ether oxygens (including phenoxy) is 1. The predicted molar refractivity (Wildman–Crippen MR) is 114 cm³/mol. The van der Waals surface area contributed by atoms with E-state index in [0.717, 1.165) is 16.5 Å². The number of carbonyl (C=O) groups excluding carboxylic acids is 1. The van der Waals surface area contributed by atoms with Crippen molar-refractivity contribution >= 4 is 33.5 Å². The molecule has 0 saturated carbocycles. The molecule has 30 heavy (non-hydrogen) atoms. The fourth-order valence-corrected chi connectivity index (χ4v) is 3.30. The molecule has 0 aliphatic heterocycles.